The number of aromatic nitrogens is 1. The van der Waals surface area contributed by atoms with Crippen molar-refractivity contribution in [2.24, 2.45) is 0 Å². The van der Waals surface area contributed by atoms with Gasteiger partial charge in [0.15, 0.2) is 0 Å². The van der Waals surface area contributed by atoms with Crippen LogP contribution in [-0.4, -0.2) is 59.9 Å². The molecule has 1 N–H and O–H groups in total. The zero-order valence-corrected chi connectivity index (χ0v) is 16.0. The van der Waals surface area contributed by atoms with E-state index in [-0.39, 0.29) is 11.8 Å². The Bertz CT molecular complexity index is 851. The van der Waals surface area contributed by atoms with E-state index in [2.05, 4.69) is 10.3 Å². The van der Waals surface area contributed by atoms with Crippen LogP contribution in [0, 0.1) is 0 Å². The average Bonchev–Trinajstić information content (AvgIpc) is 2.68. The molecular formula is C19H21ClN4O3. The summed E-state index contributed by atoms with van der Waals surface area (Å²) in [4.78, 5) is 31.9. The number of carbonyl (C=O) groups is 2. The van der Waals surface area contributed by atoms with Crippen molar-refractivity contribution in [2.45, 2.75) is 6.92 Å². The number of ether oxygens (including phenoxy) is 1. The lowest BCUT2D eigenvalue weighted by Crippen LogP contribution is -2.50. The second kappa shape index (κ2) is 8.26. The van der Waals surface area contributed by atoms with Gasteiger partial charge in [-0.15, -0.1) is 0 Å². The summed E-state index contributed by atoms with van der Waals surface area (Å²) in [6.07, 6.45) is 1.59. The minimum absolute atomic E-state index is 0.0376. The standard InChI is InChI=1S/C19H21ClN4O3/c1-13(25)23-7-9-24(10-8-23)19(26)14-5-6-21-18(11-14)22-15-3-4-17(27-2)16(20)12-15/h3-6,11-12H,7-10H2,1-2H3,(H,21,22). The predicted molar refractivity (Wildman–Crippen MR) is 104 cm³/mol. The molecule has 8 heteroatoms. The average molecular weight is 389 g/mol. The number of pyridine rings is 1. The van der Waals surface area contributed by atoms with Crippen molar-refractivity contribution >= 4 is 34.9 Å². The molecule has 0 aliphatic carbocycles. The molecule has 1 aliphatic rings. The summed E-state index contributed by atoms with van der Waals surface area (Å²) in [6.45, 7) is 3.71. The third kappa shape index (κ3) is 4.49. The maximum absolute atomic E-state index is 12.7. The Morgan fingerprint density at radius 2 is 1.81 bits per heavy atom. The lowest BCUT2D eigenvalue weighted by Gasteiger charge is -2.34. The van der Waals surface area contributed by atoms with Crippen LogP contribution in [0.25, 0.3) is 0 Å². The van der Waals surface area contributed by atoms with Gasteiger partial charge in [-0.1, -0.05) is 11.6 Å². The van der Waals surface area contributed by atoms with Crippen LogP contribution in [0.15, 0.2) is 36.5 Å². The van der Waals surface area contributed by atoms with E-state index in [1.165, 1.54) is 0 Å². The first-order valence-corrected chi connectivity index (χ1v) is 8.97. The molecule has 3 rings (SSSR count). The number of benzene rings is 1. The molecule has 142 valence electrons. The fourth-order valence-corrected chi connectivity index (χ4v) is 3.19. The van der Waals surface area contributed by atoms with E-state index < -0.39 is 0 Å². The number of hydrogen-bond donors (Lipinski definition) is 1. The van der Waals surface area contributed by atoms with Crippen LogP contribution >= 0.6 is 11.6 Å². The Morgan fingerprint density at radius 3 is 2.44 bits per heavy atom. The monoisotopic (exact) mass is 388 g/mol. The number of amides is 2. The van der Waals surface area contributed by atoms with Crippen LogP contribution in [0.5, 0.6) is 5.75 Å². The topological polar surface area (TPSA) is 74.8 Å². The molecule has 1 fully saturated rings. The number of nitrogens with one attached hydrogen (secondary N) is 1. The van der Waals surface area contributed by atoms with Crippen LogP contribution in [0.3, 0.4) is 0 Å². The SMILES string of the molecule is COc1ccc(Nc2cc(C(=O)N3CCN(C(C)=O)CC3)ccn2)cc1Cl. The van der Waals surface area contributed by atoms with Crippen LogP contribution in [0.1, 0.15) is 17.3 Å². The van der Waals surface area contributed by atoms with Gasteiger partial charge in [0.1, 0.15) is 11.6 Å². The second-order valence-electron chi connectivity index (χ2n) is 6.20. The molecule has 1 aliphatic heterocycles. The first-order chi connectivity index (χ1) is 13.0. The van der Waals surface area contributed by atoms with Crippen LogP contribution < -0.4 is 10.1 Å². The number of piperazine rings is 1. The van der Waals surface area contributed by atoms with Gasteiger partial charge in [-0.2, -0.15) is 0 Å². The predicted octanol–water partition coefficient (Wildman–Crippen LogP) is 2.79. The number of rotatable bonds is 4. The summed E-state index contributed by atoms with van der Waals surface area (Å²) in [7, 11) is 1.56. The number of nitrogens with zero attached hydrogens (tertiary/aromatic N) is 3. The smallest absolute Gasteiger partial charge is 0.254 e. The second-order valence-corrected chi connectivity index (χ2v) is 6.61. The van der Waals surface area contributed by atoms with Crippen LogP contribution in [-0.2, 0) is 4.79 Å². The summed E-state index contributed by atoms with van der Waals surface area (Å²) in [5.74, 6) is 1.10. The van der Waals surface area contributed by atoms with Crippen LogP contribution in [0.4, 0.5) is 11.5 Å². The molecule has 27 heavy (non-hydrogen) atoms. The Labute approximate surface area is 162 Å². The summed E-state index contributed by atoms with van der Waals surface area (Å²) in [5.41, 5.74) is 1.29. The van der Waals surface area contributed by atoms with Gasteiger partial charge in [0.2, 0.25) is 5.91 Å². The minimum Gasteiger partial charge on any atom is -0.495 e. The highest BCUT2D eigenvalue weighted by Crippen LogP contribution is 2.28. The van der Waals surface area contributed by atoms with E-state index in [1.807, 2.05) is 6.07 Å². The molecule has 0 saturated carbocycles. The van der Waals surface area contributed by atoms with Gasteiger partial charge in [0.05, 0.1) is 12.1 Å². The van der Waals surface area contributed by atoms with Crippen molar-refractivity contribution in [2.75, 3.05) is 38.6 Å². The molecule has 1 aromatic heterocycles. The maximum atomic E-state index is 12.7. The molecule has 1 saturated heterocycles. The summed E-state index contributed by atoms with van der Waals surface area (Å²) in [6, 6.07) is 8.71. The minimum atomic E-state index is -0.0728. The molecule has 0 radical (unpaired) electrons. The third-order valence-corrected chi connectivity index (χ3v) is 4.74. The van der Waals surface area contributed by atoms with Gasteiger partial charge < -0.3 is 19.9 Å². The van der Waals surface area contributed by atoms with Gasteiger partial charge in [-0.05, 0) is 30.3 Å². The molecular weight excluding hydrogens is 368 g/mol. The molecule has 0 spiro atoms. The van der Waals surface area contributed by atoms with E-state index in [4.69, 9.17) is 16.3 Å². The van der Waals surface area contributed by atoms with Crippen molar-refractivity contribution in [3.8, 4) is 5.75 Å². The van der Waals surface area contributed by atoms with Gasteiger partial charge in [0, 0.05) is 50.6 Å². The van der Waals surface area contributed by atoms with E-state index in [0.29, 0.717) is 48.3 Å². The quantitative estimate of drug-likeness (QED) is 0.871. The zero-order valence-electron chi connectivity index (χ0n) is 15.2. The number of halogens is 1. The molecule has 2 aromatic rings. The molecule has 0 bridgehead atoms. The molecule has 2 heterocycles. The van der Waals surface area contributed by atoms with E-state index in [1.54, 1.807) is 54.3 Å². The van der Waals surface area contributed by atoms with E-state index >= 15 is 0 Å². The number of methoxy groups -OCH3 is 1. The Kier molecular flexibility index (Phi) is 5.81. The number of anilines is 2. The van der Waals surface area contributed by atoms with Gasteiger partial charge in [-0.3, -0.25) is 9.59 Å². The Balaban J connectivity index is 1.69. The first kappa shape index (κ1) is 19.0. The van der Waals surface area contributed by atoms with Crippen molar-refractivity contribution in [1.29, 1.82) is 0 Å². The largest absolute Gasteiger partial charge is 0.495 e. The molecule has 7 nitrogen and oxygen atoms in total. The molecule has 0 atom stereocenters. The number of carbonyl (C=O) groups excluding carboxylic acids is 2. The highest BCUT2D eigenvalue weighted by molar-refractivity contribution is 6.32. The lowest BCUT2D eigenvalue weighted by molar-refractivity contribution is -0.130. The fourth-order valence-electron chi connectivity index (χ4n) is 2.93. The Morgan fingerprint density at radius 1 is 1.11 bits per heavy atom. The van der Waals surface area contributed by atoms with Gasteiger partial charge >= 0.3 is 0 Å². The highest BCUT2D eigenvalue weighted by atomic mass is 35.5. The van der Waals surface area contributed by atoms with Crippen LogP contribution in [0.2, 0.25) is 5.02 Å². The van der Waals surface area contributed by atoms with Crippen molar-refractivity contribution in [3.05, 3.63) is 47.1 Å². The summed E-state index contributed by atoms with van der Waals surface area (Å²) in [5, 5.41) is 3.63. The van der Waals surface area contributed by atoms with Gasteiger partial charge in [-0.25, -0.2) is 4.98 Å². The number of hydrogen-bond acceptors (Lipinski definition) is 5. The van der Waals surface area contributed by atoms with Crippen molar-refractivity contribution < 1.29 is 14.3 Å². The summed E-state index contributed by atoms with van der Waals surface area (Å²) < 4.78 is 5.14. The van der Waals surface area contributed by atoms with Crippen molar-refractivity contribution in [1.82, 2.24) is 14.8 Å². The van der Waals surface area contributed by atoms with E-state index in [0.717, 1.165) is 5.69 Å². The first-order valence-electron chi connectivity index (χ1n) is 8.59. The fraction of sp³-hybridized carbons (Fsp3) is 0.316. The zero-order chi connectivity index (χ0) is 19.4. The molecule has 0 unspecified atom stereocenters. The normalized spacial score (nSPS) is 14.0. The summed E-state index contributed by atoms with van der Waals surface area (Å²) >= 11 is 6.14. The Hall–Kier alpha value is -2.80. The van der Waals surface area contributed by atoms with Crippen molar-refractivity contribution in [3.63, 3.8) is 0 Å². The molecule has 1 aromatic carbocycles. The lowest BCUT2D eigenvalue weighted by atomic mass is 10.2. The third-order valence-electron chi connectivity index (χ3n) is 4.44. The van der Waals surface area contributed by atoms with E-state index in [9.17, 15) is 9.59 Å². The maximum Gasteiger partial charge on any atom is 0.254 e. The van der Waals surface area contributed by atoms with Gasteiger partial charge in [0.25, 0.3) is 5.91 Å². The highest BCUT2D eigenvalue weighted by Gasteiger charge is 2.23. The molecule has 2 amide bonds.